The normalized spacial score (nSPS) is 17.0. The number of ether oxygens (including phenoxy) is 1. The summed E-state index contributed by atoms with van der Waals surface area (Å²) < 4.78 is 6.89. The average Bonchev–Trinajstić information content (AvgIpc) is 4.00. The topological polar surface area (TPSA) is 169 Å². The number of nitrogens with one attached hydrogen (secondary N) is 2. The van der Waals surface area contributed by atoms with Crippen molar-refractivity contribution in [3.8, 4) is 27.7 Å². The van der Waals surface area contributed by atoms with Gasteiger partial charge in [-0.2, -0.15) is 0 Å². The zero-order valence-electron chi connectivity index (χ0n) is 40.1. The molecule has 2 aliphatic rings. The number of carbonyl (C=O) groups is 4. The van der Waals surface area contributed by atoms with Gasteiger partial charge in [-0.25, -0.2) is 0 Å². The lowest BCUT2D eigenvalue weighted by molar-refractivity contribution is -0.144. The van der Waals surface area contributed by atoms with E-state index in [4.69, 9.17) is 4.74 Å². The monoisotopic (exact) mass is 944 g/mol. The first-order valence-electron chi connectivity index (χ1n) is 24.3. The minimum Gasteiger partial charge on any atom is -0.508 e. The largest absolute Gasteiger partial charge is 0.508 e. The van der Waals surface area contributed by atoms with E-state index in [1.165, 1.54) is 34.6 Å². The number of likely N-dealkylation sites (tertiary alicyclic amines) is 1. The number of β-amino-alcohol motifs (C(OH)–C–C–N with tert-alkyl or cyclic N) is 1. The van der Waals surface area contributed by atoms with Crippen molar-refractivity contribution >= 4 is 44.9 Å². The maximum absolute atomic E-state index is 14.1. The number of carbonyl (C=O) groups excluding carboxylic acids is 4. The van der Waals surface area contributed by atoms with Gasteiger partial charge in [-0.1, -0.05) is 71.2 Å². The number of amides is 3. The number of aliphatic hydroxyl groups excluding tert-OH is 1. The van der Waals surface area contributed by atoms with Crippen molar-refractivity contribution in [3.05, 3.63) is 113 Å². The highest BCUT2D eigenvalue weighted by Gasteiger charge is 2.44. The molecule has 5 N–H and O–H groups in total. The number of thiophene rings is 1. The van der Waals surface area contributed by atoms with Crippen LogP contribution < -0.4 is 15.4 Å². The van der Waals surface area contributed by atoms with Crippen molar-refractivity contribution in [2.75, 3.05) is 32.8 Å². The number of aromatic hydroxyl groups is 2. The van der Waals surface area contributed by atoms with Crippen LogP contribution in [0.25, 0.3) is 20.5 Å². The molecule has 4 atom stereocenters. The summed E-state index contributed by atoms with van der Waals surface area (Å²) in [6.07, 6.45) is 6.68. The van der Waals surface area contributed by atoms with E-state index in [-0.39, 0.29) is 54.0 Å². The summed E-state index contributed by atoms with van der Waals surface area (Å²) in [4.78, 5) is 59.4. The Morgan fingerprint density at radius 3 is 2.19 bits per heavy atom. The number of hydrogen-bond acceptors (Lipinski definition) is 10. The third kappa shape index (κ3) is 12.9. The van der Waals surface area contributed by atoms with Gasteiger partial charge >= 0.3 is 0 Å². The zero-order valence-corrected chi connectivity index (χ0v) is 40.9. The van der Waals surface area contributed by atoms with Crippen LogP contribution in [0, 0.1) is 5.41 Å². The van der Waals surface area contributed by atoms with E-state index in [9.17, 15) is 34.5 Å². The van der Waals surface area contributed by atoms with E-state index in [0.717, 1.165) is 71.4 Å². The maximum atomic E-state index is 14.1. The molecule has 4 aromatic carbocycles. The number of nitrogens with zero attached hydrogens (tertiary/aromatic N) is 2. The van der Waals surface area contributed by atoms with E-state index in [1.807, 2.05) is 52.0 Å². The van der Waals surface area contributed by atoms with Crippen LogP contribution in [0.2, 0.25) is 0 Å². The first-order valence-corrected chi connectivity index (χ1v) is 25.1. The first-order chi connectivity index (χ1) is 32.6. The average molecular weight is 945 g/mol. The van der Waals surface area contributed by atoms with Gasteiger partial charge in [0.25, 0.3) is 0 Å². The van der Waals surface area contributed by atoms with Gasteiger partial charge in [0.1, 0.15) is 35.9 Å². The fourth-order valence-corrected chi connectivity index (χ4v) is 10.3. The maximum Gasteiger partial charge on any atom is 0.246 e. The second kappa shape index (κ2) is 22.6. The molecule has 0 spiro atoms. The molecule has 2 heterocycles. The van der Waals surface area contributed by atoms with Crippen LogP contribution in [0.1, 0.15) is 131 Å². The molecule has 0 bridgehead atoms. The first kappa shape index (κ1) is 50.1. The molecule has 0 radical (unpaired) electrons. The number of likely N-dealkylation sites (N-methyl/N-ethyl adjacent to an activating group) is 1. The summed E-state index contributed by atoms with van der Waals surface area (Å²) in [6.45, 7) is 12.9. The van der Waals surface area contributed by atoms with E-state index in [2.05, 4.69) is 34.6 Å². The third-order valence-corrected chi connectivity index (χ3v) is 14.5. The van der Waals surface area contributed by atoms with Crippen molar-refractivity contribution in [3.63, 3.8) is 0 Å². The Morgan fingerprint density at radius 1 is 0.838 bits per heavy atom. The third-order valence-electron chi connectivity index (χ3n) is 13.3. The molecule has 1 aliphatic heterocycles. The standard InChI is InChI=1S/C55H68N4O8S/c1-6-58(30-31-67-44-26-21-39(22-27-44)50(64)49-45-28-25-42(61)33-47(45)68-51(49)40-19-23-41(60)24-20-40)29-11-9-7-8-10-12-48(63)57-52(55(3,4)5)54(66)59-34-43(62)32-46(59)53(65)56-35(2)36-13-15-37(16-14-36)38-17-18-38/h13-16,19-28,33,35,38,43,46,52,60-62H,6-12,17-18,29-32,34H2,1-5H3,(H,56,65)(H,57,63). The molecule has 1 aliphatic carbocycles. The van der Waals surface area contributed by atoms with E-state index in [0.29, 0.717) is 42.2 Å². The molecule has 3 amide bonds. The van der Waals surface area contributed by atoms with Crippen LogP contribution in [0.15, 0.2) is 91.0 Å². The van der Waals surface area contributed by atoms with Gasteiger partial charge in [0, 0.05) is 52.0 Å². The van der Waals surface area contributed by atoms with Crippen molar-refractivity contribution < 1.29 is 39.2 Å². The predicted molar refractivity (Wildman–Crippen MR) is 268 cm³/mol. The molecular weight excluding hydrogens is 877 g/mol. The predicted octanol–water partition coefficient (Wildman–Crippen LogP) is 9.50. The Hall–Kier alpha value is -5.76. The number of fused-ring (bicyclic) bond motifs is 1. The Balaban J connectivity index is 0.809. The number of hydrogen-bond donors (Lipinski definition) is 5. The number of ketones is 1. The molecular formula is C55H68N4O8S. The molecule has 362 valence electrons. The molecule has 5 aromatic rings. The highest BCUT2D eigenvalue weighted by atomic mass is 32.1. The van der Waals surface area contributed by atoms with Gasteiger partial charge < -0.3 is 40.5 Å². The van der Waals surface area contributed by atoms with Crippen molar-refractivity contribution in [2.45, 2.75) is 123 Å². The van der Waals surface area contributed by atoms with Crippen LogP contribution in [0.5, 0.6) is 17.2 Å². The minimum absolute atomic E-state index is 0.0402. The van der Waals surface area contributed by atoms with Crippen LogP contribution in [0.3, 0.4) is 0 Å². The van der Waals surface area contributed by atoms with Gasteiger partial charge in [0.05, 0.1) is 12.1 Å². The molecule has 1 saturated carbocycles. The fourth-order valence-electron chi connectivity index (χ4n) is 9.07. The van der Waals surface area contributed by atoms with Crippen molar-refractivity contribution in [1.29, 1.82) is 0 Å². The number of phenolic OH excluding ortho intramolecular Hbond substituents is 2. The fraction of sp³-hybridized carbons (Fsp3) is 0.455. The lowest BCUT2D eigenvalue weighted by atomic mass is 9.85. The van der Waals surface area contributed by atoms with Gasteiger partial charge in [0.15, 0.2) is 5.78 Å². The summed E-state index contributed by atoms with van der Waals surface area (Å²) in [7, 11) is 0. The van der Waals surface area contributed by atoms with E-state index < -0.39 is 23.6 Å². The van der Waals surface area contributed by atoms with Crippen LogP contribution in [-0.4, -0.2) is 99.6 Å². The Bertz CT molecular complexity index is 2510. The summed E-state index contributed by atoms with van der Waals surface area (Å²) in [6, 6.07) is 25.4. The lowest BCUT2D eigenvalue weighted by Crippen LogP contribution is -2.57. The smallest absolute Gasteiger partial charge is 0.246 e. The molecule has 7 rings (SSSR count). The Morgan fingerprint density at radius 2 is 1.51 bits per heavy atom. The summed E-state index contributed by atoms with van der Waals surface area (Å²) in [5.74, 6) is 0.605. The van der Waals surface area contributed by atoms with Crippen molar-refractivity contribution in [2.24, 2.45) is 5.41 Å². The minimum atomic E-state index is -0.850. The van der Waals surface area contributed by atoms with Gasteiger partial charge in [0.2, 0.25) is 17.7 Å². The second-order valence-electron chi connectivity index (χ2n) is 19.6. The summed E-state index contributed by atoms with van der Waals surface area (Å²) in [5, 5.41) is 37.4. The van der Waals surface area contributed by atoms with Crippen LogP contribution in [-0.2, 0) is 14.4 Å². The SMILES string of the molecule is CCN(CCCCCCCC(=O)NC(C(=O)N1CC(O)CC1C(=O)NC(C)c1ccc(C2CC2)cc1)C(C)(C)C)CCOc1ccc(C(=O)c2c(-c3ccc(O)cc3)sc3cc(O)ccc23)cc1. The summed E-state index contributed by atoms with van der Waals surface area (Å²) >= 11 is 1.43. The quantitative estimate of drug-likeness (QED) is 0.0335. The number of unbranched alkanes of at least 4 members (excludes halogenated alkanes) is 4. The van der Waals surface area contributed by atoms with Gasteiger partial charge in [-0.3, -0.25) is 19.2 Å². The van der Waals surface area contributed by atoms with Crippen LogP contribution in [0.4, 0.5) is 0 Å². The molecule has 1 aromatic heterocycles. The number of aliphatic hydroxyl groups is 1. The Labute approximate surface area is 404 Å². The second-order valence-corrected chi connectivity index (χ2v) is 20.7. The highest BCUT2D eigenvalue weighted by molar-refractivity contribution is 7.22. The Kier molecular flexibility index (Phi) is 16.6. The number of phenols is 2. The molecule has 68 heavy (non-hydrogen) atoms. The lowest BCUT2D eigenvalue weighted by Gasteiger charge is -2.35. The van der Waals surface area contributed by atoms with Gasteiger partial charge in [-0.05, 0) is 140 Å². The highest BCUT2D eigenvalue weighted by Crippen LogP contribution is 2.42. The summed E-state index contributed by atoms with van der Waals surface area (Å²) in [5.41, 5.74) is 3.58. The van der Waals surface area contributed by atoms with Gasteiger partial charge in [-0.15, -0.1) is 11.3 Å². The molecule has 12 nitrogen and oxygen atoms in total. The molecule has 4 unspecified atom stereocenters. The van der Waals surface area contributed by atoms with Crippen LogP contribution >= 0.6 is 11.3 Å². The van der Waals surface area contributed by atoms with E-state index in [1.54, 1.807) is 54.6 Å². The molecule has 13 heteroatoms. The number of benzene rings is 4. The number of rotatable bonds is 22. The molecule has 2 fully saturated rings. The zero-order chi connectivity index (χ0) is 48.5. The van der Waals surface area contributed by atoms with E-state index >= 15 is 0 Å². The van der Waals surface area contributed by atoms with Crippen molar-refractivity contribution in [1.82, 2.24) is 20.4 Å². The molecule has 1 saturated heterocycles.